The molecule has 0 unspecified atom stereocenters. The molecule has 0 amide bonds. The van der Waals surface area contributed by atoms with Crippen LogP contribution in [0.3, 0.4) is 0 Å². The number of rotatable bonds is 6. The number of anilines is 1. The monoisotopic (exact) mass is 457 g/mol. The van der Waals surface area contributed by atoms with Gasteiger partial charge in [0.05, 0.1) is 34.3 Å². The number of hydrogen-bond acceptors (Lipinski definition) is 7. The van der Waals surface area contributed by atoms with Gasteiger partial charge in [-0.05, 0) is 70.4 Å². The van der Waals surface area contributed by atoms with Crippen LogP contribution in [0.25, 0.3) is 22.3 Å². The van der Waals surface area contributed by atoms with Gasteiger partial charge in [0.1, 0.15) is 0 Å². The van der Waals surface area contributed by atoms with Crippen LogP contribution in [0, 0.1) is 0 Å². The lowest BCUT2D eigenvalue weighted by atomic mass is 9.96. The number of nitrogens with two attached hydrogens (primary N) is 1. The Balaban J connectivity index is 1.33. The number of likely N-dealkylation sites (N-methyl/N-ethyl adjacent to an activating group) is 1. The lowest BCUT2D eigenvalue weighted by Crippen LogP contribution is -2.67. The standard InChI is InChI=1S/C27H35N7/c1-27(2)18-33(12-11-32(27)4)22-16-34(17-22)21-14-26-24(30-15-21)8-7-23(31-26)20-6-5-19(9-10-28)25(13-20)29-3/h5-8,13-15,22H,3,9-12,16-18,28H2,1-2,4H3. The van der Waals surface area contributed by atoms with Crippen molar-refractivity contribution < 1.29 is 0 Å². The molecule has 0 atom stereocenters. The van der Waals surface area contributed by atoms with Gasteiger partial charge in [0.15, 0.2) is 0 Å². The number of pyridine rings is 2. The van der Waals surface area contributed by atoms with Gasteiger partial charge in [0.2, 0.25) is 0 Å². The normalized spacial score (nSPS) is 19.4. The number of aliphatic imine (C=N–C) groups is 1. The lowest BCUT2D eigenvalue weighted by Gasteiger charge is -2.53. The molecule has 0 radical (unpaired) electrons. The van der Waals surface area contributed by atoms with E-state index >= 15 is 0 Å². The maximum Gasteiger partial charge on any atom is 0.0914 e. The molecule has 7 nitrogen and oxygen atoms in total. The molecule has 2 aromatic heterocycles. The van der Waals surface area contributed by atoms with Crippen LogP contribution in [0.5, 0.6) is 0 Å². The zero-order chi connectivity index (χ0) is 23.9. The van der Waals surface area contributed by atoms with Gasteiger partial charge in [-0.15, -0.1) is 0 Å². The predicted octanol–water partition coefficient (Wildman–Crippen LogP) is 3.34. The molecule has 0 aliphatic carbocycles. The van der Waals surface area contributed by atoms with E-state index in [2.05, 4.69) is 65.5 Å². The molecule has 7 heteroatoms. The van der Waals surface area contributed by atoms with Crippen molar-refractivity contribution in [1.29, 1.82) is 0 Å². The molecule has 2 aliphatic rings. The predicted molar refractivity (Wildman–Crippen MR) is 141 cm³/mol. The van der Waals surface area contributed by atoms with Gasteiger partial charge in [0.25, 0.3) is 0 Å². The van der Waals surface area contributed by atoms with E-state index in [1.54, 1.807) is 0 Å². The molecule has 0 bridgehead atoms. The van der Waals surface area contributed by atoms with Crippen LogP contribution in [0.4, 0.5) is 11.4 Å². The highest BCUT2D eigenvalue weighted by atomic mass is 15.4. The number of nitrogens with zero attached hydrogens (tertiary/aromatic N) is 6. The summed E-state index contributed by atoms with van der Waals surface area (Å²) >= 11 is 0. The summed E-state index contributed by atoms with van der Waals surface area (Å²) in [5, 5.41) is 0. The van der Waals surface area contributed by atoms with Gasteiger partial charge >= 0.3 is 0 Å². The topological polar surface area (TPSA) is 73.9 Å². The zero-order valence-corrected chi connectivity index (χ0v) is 20.5. The van der Waals surface area contributed by atoms with Crippen molar-refractivity contribution in [3.63, 3.8) is 0 Å². The van der Waals surface area contributed by atoms with Gasteiger partial charge in [-0.3, -0.25) is 19.8 Å². The van der Waals surface area contributed by atoms with Gasteiger partial charge in [0, 0.05) is 49.9 Å². The van der Waals surface area contributed by atoms with Gasteiger partial charge in [-0.2, -0.15) is 0 Å². The molecule has 0 saturated carbocycles. The minimum absolute atomic E-state index is 0.229. The minimum Gasteiger partial charge on any atom is -0.367 e. The van der Waals surface area contributed by atoms with Crippen molar-refractivity contribution in [1.82, 2.24) is 19.8 Å². The van der Waals surface area contributed by atoms with Crippen LogP contribution in [-0.4, -0.2) is 84.4 Å². The first-order valence-electron chi connectivity index (χ1n) is 12.1. The summed E-state index contributed by atoms with van der Waals surface area (Å²) in [5.74, 6) is 0. The fraction of sp³-hybridized carbons (Fsp3) is 0.444. The Kier molecular flexibility index (Phi) is 6.10. The first-order chi connectivity index (χ1) is 16.4. The third-order valence-corrected chi connectivity index (χ3v) is 7.58. The number of benzene rings is 1. The summed E-state index contributed by atoms with van der Waals surface area (Å²) in [6, 6.07) is 13.1. The fourth-order valence-corrected chi connectivity index (χ4v) is 5.05. The average Bonchev–Trinajstić information content (AvgIpc) is 2.80. The first kappa shape index (κ1) is 22.9. The van der Waals surface area contributed by atoms with Crippen LogP contribution in [0.2, 0.25) is 0 Å². The molecule has 4 heterocycles. The highest BCUT2D eigenvalue weighted by Gasteiger charge is 2.39. The van der Waals surface area contributed by atoms with E-state index in [1.807, 2.05) is 24.4 Å². The summed E-state index contributed by atoms with van der Waals surface area (Å²) in [6.45, 7) is 14.5. The largest absolute Gasteiger partial charge is 0.367 e. The first-order valence-corrected chi connectivity index (χ1v) is 12.1. The molecule has 2 saturated heterocycles. The second-order valence-electron chi connectivity index (χ2n) is 10.2. The Morgan fingerprint density at radius 3 is 2.68 bits per heavy atom. The second kappa shape index (κ2) is 9.06. The van der Waals surface area contributed by atoms with Crippen LogP contribution in [0.1, 0.15) is 19.4 Å². The highest BCUT2D eigenvalue weighted by Crippen LogP contribution is 2.31. The van der Waals surface area contributed by atoms with Crippen molar-refractivity contribution in [3.05, 3.63) is 48.2 Å². The van der Waals surface area contributed by atoms with E-state index < -0.39 is 0 Å². The van der Waals surface area contributed by atoms with E-state index in [0.29, 0.717) is 12.6 Å². The quantitative estimate of drug-likeness (QED) is 0.573. The molecule has 3 aromatic rings. The summed E-state index contributed by atoms with van der Waals surface area (Å²) < 4.78 is 0. The third-order valence-electron chi connectivity index (χ3n) is 7.58. The van der Waals surface area contributed by atoms with Crippen molar-refractivity contribution in [2.24, 2.45) is 10.7 Å². The number of aromatic nitrogens is 2. The number of hydrogen-bond donors (Lipinski definition) is 1. The Morgan fingerprint density at radius 1 is 1.12 bits per heavy atom. The Hall–Kier alpha value is -2.87. The molecule has 5 rings (SSSR count). The van der Waals surface area contributed by atoms with Crippen LogP contribution in [0.15, 0.2) is 47.6 Å². The smallest absolute Gasteiger partial charge is 0.0914 e. The van der Waals surface area contributed by atoms with E-state index in [1.165, 1.54) is 0 Å². The maximum atomic E-state index is 5.73. The molecule has 0 spiro atoms. The van der Waals surface area contributed by atoms with Crippen LogP contribution >= 0.6 is 0 Å². The summed E-state index contributed by atoms with van der Waals surface area (Å²) in [5.41, 5.74) is 12.9. The van der Waals surface area contributed by atoms with Crippen molar-refractivity contribution >= 4 is 29.1 Å². The second-order valence-corrected chi connectivity index (χ2v) is 10.2. The van der Waals surface area contributed by atoms with Gasteiger partial charge in [-0.25, -0.2) is 4.98 Å². The van der Waals surface area contributed by atoms with Gasteiger partial charge in [-0.1, -0.05) is 12.1 Å². The summed E-state index contributed by atoms with van der Waals surface area (Å²) in [7, 11) is 2.23. The molecular formula is C27H35N7. The van der Waals surface area contributed by atoms with Crippen LogP contribution < -0.4 is 10.6 Å². The lowest BCUT2D eigenvalue weighted by molar-refractivity contribution is 0.0100. The maximum absolute atomic E-state index is 5.73. The summed E-state index contributed by atoms with van der Waals surface area (Å²) in [4.78, 5) is 21.4. The fourth-order valence-electron chi connectivity index (χ4n) is 5.05. The summed E-state index contributed by atoms with van der Waals surface area (Å²) in [6.07, 6.45) is 2.77. The molecule has 1 aromatic carbocycles. The third kappa shape index (κ3) is 4.31. The molecule has 2 fully saturated rings. The van der Waals surface area contributed by atoms with E-state index in [9.17, 15) is 0 Å². The Labute approximate surface area is 202 Å². The van der Waals surface area contributed by atoms with E-state index in [-0.39, 0.29) is 5.54 Å². The van der Waals surface area contributed by atoms with E-state index in [4.69, 9.17) is 15.7 Å². The number of piperazine rings is 1. The molecule has 2 aliphatic heterocycles. The molecule has 178 valence electrons. The molecule has 2 N–H and O–H groups in total. The zero-order valence-electron chi connectivity index (χ0n) is 20.5. The SMILES string of the molecule is C=Nc1cc(-c2ccc3ncc(N4CC(N5CCN(C)C(C)(C)C5)C4)cc3n2)ccc1CCN. The van der Waals surface area contributed by atoms with Crippen LogP contribution in [-0.2, 0) is 6.42 Å². The Morgan fingerprint density at radius 2 is 1.94 bits per heavy atom. The van der Waals surface area contributed by atoms with Crippen molar-refractivity contribution in [3.8, 4) is 11.3 Å². The average molecular weight is 458 g/mol. The number of fused-ring (bicyclic) bond motifs is 1. The minimum atomic E-state index is 0.229. The highest BCUT2D eigenvalue weighted by molar-refractivity contribution is 5.81. The van der Waals surface area contributed by atoms with Gasteiger partial charge < -0.3 is 10.6 Å². The Bertz CT molecular complexity index is 1200. The molecule has 34 heavy (non-hydrogen) atoms. The van der Waals surface area contributed by atoms with E-state index in [0.717, 1.165) is 78.4 Å². The van der Waals surface area contributed by atoms with Crippen molar-refractivity contribution in [2.75, 3.05) is 51.2 Å². The van der Waals surface area contributed by atoms with Crippen molar-refractivity contribution in [2.45, 2.75) is 31.8 Å². The molecular weight excluding hydrogens is 422 g/mol.